The molecule has 1 saturated carbocycles. The number of pyridine rings is 1. The van der Waals surface area contributed by atoms with E-state index in [0.29, 0.717) is 5.78 Å². The summed E-state index contributed by atoms with van der Waals surface area (Å²) in [6, 6.07) is 1.92. The van der Waals surface area contributed by atoms with Crippen LogP contribution in [0, 0.1) is 18.3 Å². The Labute approximate surface area is 103 Å². The molecular formula is C15H21NO. The molecule has 1 heterocycles. The number of hydrogen-bond acceptors (Lipinski definition) is 2. The first-order valence-electron chi connectivity index (χ1n) is 6.47. The molecule has 1 unspecified atom stereocenters. The maximum absolute atomic E-state index is 12.6. The molecule has 1 aliphatic rings. The smallest absolute Gasteiger partial charge is 0.168 e. The second-order valence-corrected chi connectivity index (χ2v) is 5.84. The molecular weight excluding hydrogens is 210 g/mol. The van der Waals surface area contributed by atoms with Crippen LogP contribution in [-0.4, -0.2) is 10.8 Å². The fourth-order valence-electron chi connectivity index (χ4n) is 2.89. The van der Waals surface area contributed by atoms with Crippen LogP contribution in [-0.2, 0) is 0 Å². The molecule has 2 nitrogen and oxygen atoms in total. The standard InChI is InChI=1S/C15H21NO/c1-11-7-9-16-10-12(11)14(17)13-6-4-5-8-15(13,2)3/h7,9-10,13H,4-6,8H2,1-3H3. The summed E-state index contributed by atoms with van der Waals surface area (Å²) in [5.41, 5.74) is 2.00. The summed E-state index contributed by atoms with van der Waals surface area (Å²) in [6.45, 7) is 6.44. The van der Waals surface area contributed by atoms with E-state index in [1.54, 1.807) is 12.4 Å². The lowest BCUT2D eigenvalue weighted by Crippen LogP contribution is -2.34. The molecule has 1 fully saturated rings. The Bertz CT molecular complexity index is 423. The van der Waals surface area contributed by atoms with Crippen molar-refractivity contribution < 1.29 is 4.79 Å². The average molecular weight is 231 g/mol. The van der Waals surface area contributed by atoms with E-state index in [1.165, 1.54) is 12.8 Å². The van der Waals surface area contributed by atoms with Crippen LogP contribution in [0.3, 0.4) is 0 Å². The van der Waals surface area contributed by atoms with Gasteiger partial charge in [0, 0.05) is 23.9 Å². The van der Waals surface area contributed by atoms with Gasteiger partial charge in [0.15, 0.2) is 5.78 Å². The summed E-state index contributed by atoms with van der Waals surface area (Å²) in [5, 5.41) is 0. The maximum Gasteiger partial charge on any atom is 0.168 e. The van der Waals surface area contributed by atoms with Gasteiger partial charge in [-0.15, -0.1) is 0 Å². The Balaban J connectivity index is 2.28. The number of aromatic nitrogens is 1. The number of carbonyl (C=O) groups excluding carboxylic acids is 1. The largest absolute Gasteiger partial charge is 0.294 e. The van der Waals surface area contributed by atoms with E-state index in [2.05, 4.69) is 18.8 Å². The first-order chi connectivity index (χ1) is 8.02. The third-order valence-electron chi connectivity index (χ3n) is 4.13. The molecule has 0 aromatic carbocycles. The second kappa shape index (κ2) is 4.59. The molecule has 1 aliphatic carbocycles. The lowest BCUT2D eigenvalue weighted by atomic mass is 9.66. The van der Waals surface area contributed by atoms with Crippen LogP contribution in [0.15, 0.2) is 18.5 Å². The van der Waals surface area contributed by atoms with Crippen LogP contribution in [0.25, 0.3) is 0 Å². The zero-order valence-electron chi connectivity index (χ0n) is 11.0. The Morgan fingerprint density at radius 1 is 1.41 bits per heavy atom. The van der Waals surface area contributed by atoms with Crippen molar-refractivity contribution >= 4 is 5.78 Å². The van der Waals surface area contributed by atoms with Gasteiger partial charge in [0.25, 0.3) is 0 Å². The molecule has 92 valence electrons. The summed E-state index contributed by atoms with van der Waals surface area (Å²) in [4.78, 5) is 16.7. The highest BCUT2D eigenvalue weighted by Crippen LogP contribution is 2.42. The van der Waals surface area contributed by atoms with Crippen LogP contribution in [0.4, 0.5) is 0 Å². The fraction of sp³-hybridized carbons (Fsp3) is 0.600. The van der Waals surface area contributed by atoms with E-state index in [1.807, 2.05) is 13.0 Å². The Morgan fingerprint density at radius 3 is 2.82 bits per heavy atom. The number of aryl methyl sites for hydroxylation is 1. The zero-order valence-corrected chi connectivity index (χ0v) is 11.0. The van der Waals surface area contributed by atoms with Crippen molar-refractivity contribution in [3.8, 4) is 0 Å². The average Bonchev–Trinajstić information content (AvgIpc) is 2.28. The van der Waals surface area contributed by atoms with Crippen molar-refractivity contribution in [3.05, 3.63) is 29.6 Å². The minimum atomic E-state index is 0.137. The molecule has 1 aromatic heterocycles. The van der Waals surface area contributed by atoms with Gasteiger partial charge < -0.3 is 0 Å². The Kier molecular flexibility index (Phi) is 3.32. The van der Waals surface area contributed by atoms with Crippen LogP contribution < -0.4 is 0 Å². The molecule has 17 heavy (non-hydrogen) atoms. The van der Waals surface area contributed by atoms with Gasteiger partial charge in [-0.3, -0.25) is 9.78 Å². The molecule has 0 saturated heterocycles. The minimum absolute atomic E-state index is 0.137. The monoisotopic (exact) mass is 231 g/mol. The number of rotatable bonds is 2. The molecule has 1 atom stereocenters. The van der Waals surface area contributed by atoms with Crippen LogP contribution in [0.5, 0.6) is 0 Å². The fourth-order valence-corrected chi connectivity index (χ4v) is 2.89. The van der Waals surface area contributed by atoms with E-state index in [0.717, 1.165) is 24.0 Å². The third kappa shape index (κ3) is 2.41. The quantitative estimate of drug-likeness (QED) is 0.725. The summed E-state index contributed by atoms with van der Waals surface area (Å²) in [6.07, 6.45) is 8.09. The van der Waals surface area contributed by atoms with Crippen LogP contribution in [0.1, 0.15) is 55.5 Å². The lowest BCUT2D eigenvalue weighted by molar-refractivity contribution is 0.0696. The van der Waals surface area contributed by atoms with Crippen molar-refractivity contribution in [2.75, 3.05) is 0 Å². The predicted octanol–water partition coefficient (Wildman–Crippen LogP) is 3.79. The normalized spacial score (nSPS) is 23.4. The van der Waals surface area contributed by atoms with Crippen LogP contribution in [0.2, 0.25) is 0 Å². The molecule has 2 heteroatoms. The van der Waals surface area contributed by atoms with Gasteiger partial charge >= 0.3 is 0 Å². The van der Waals surface area contributed by atoms with Gasteiger partial charge in [-0.05, 0) is 36.8 Å². The first-order valence-corrected chi connectivity index (χ1v) is 6.47. The zero-order chi connectivity index (χ0) is 12.5. The molecule has 0 N–H and O–H groups in total. The van der Waals surface area contributed by atoms with Gasteiger partial charge in [-0.25, -0.2) is 0 Å². The highest BCUT2D eigenvalue weighted by molar-refractivity contribution is 5.99. The van der Waals surface area contributed by atoms with Gasteiger partial charge in [-0.1, -0.05) is 26.7 Å². The summed E-state index contributed by atoms with van der Waals surface area (Å²) in [7, 11) is 0. The highest BCUT2D eigenvalue weighted by atomic mass is 16.1. The van der Waals surface area contributed by atoms with Gasteiger partial charge in [0.05, 0.1) is 0 Å². The third-order valence-corrected chi connectivity index (χ3v) is 4.13. The van der Waals surface area contributed by atoms with Gasteiger partial charge in [0.1, 0.15) is 0 Å². The van der Waals surface area contributed by atoms with Crippen molar-refractivity contribution in [2.45, 2.75) is 46.5 Å². The second-order valence-electron chi connectivity index (χ2n) is 5.84. The summed E-state index contributed by atoms with van der Waals surface area (Å²) < 4.78 is 0. The van der Waals surface area contributed by atoms with E-state index >= 15 is 0 Å². The van der Waals surface area contributed by atoms with E-state index in [-0.39, 0.29) is 11.3 Å². The molecule has 1 aromatic rings. The van der Waals surface area contributed by atoms with Gasteiger partial charge in [0.2, 0.25) is 0 Å². The van der Waals surface area contributed by atoms with E-state index in [4.69, 9.17) is 0 Å². The number of nitrogens with zero attached hydrogens (tertiary/aromatic N) is 1. The van der Waals surface area contributed by atoms with Crippen molar-refractivity contribution in [1.29, 1.82) is 0 Å². The first kappa shape index (κ1) is 12.3. The van der Waals surface area contributed by atoms with Gasteiger partial charge in [-0.2, -0.15) is 0 Å². The molecule has 2 rings (SSSR count). The minimum Gasteiger partial charge on any atom is -0.294 e. The Morgan fingerprint density at radius 2 is 2.18 bits per heavy atom. The summed E-state index contributed by atoms with van der Waals surface area (Å²) >= 11 is 0. The molecule has 0 radical (unpaired) electrons. The highest BCUT2D eigenvalue weighted by Gasteiger charge is 2.37. The predicted molar refractivity (Wildman–Crippen MR) is 69.0 cm³/mol. The topological polar surface area (TPSA) is 30.0 Å². The number of carbonyl (C=O) groups is 1. The van der Waals surface area contributed by atoms with Crippen molar-refractivity contribution in [3.63, 3.8) is 0 Å². The van der Waals surface area contributed by atoms with Crippen LogP contribution >= 0.6 is 0 Å². The number of Topliss-reactive ketones (excluding diaryl/α,β-unsaturated/α-hetero) is 1. The lowest BCUT2D eigenvalue weighted by Gasteiger charge is -2.37. The molecule has 0 amide bonds. The van der Waals surface area contributed by atoms with E-state index < -0.39 is 0 Å². The Hall–Kier alpha value is -1.18. The SMILES string of the molecule is Cc1ccncc1C(=O)C1CCCCC1(C)C. The number of ketones is 1. The van der Waals surface area contributed by atoms with Crippen molar-refractivity contribution in [1.82, 2.24) is 4.98 Å². The van der Waals surface area contributed by atoms with Crippen molar-refractivity contribution in [2.24, 2.45) is 11.3 Å². The van der Waals surface area contributed by atoms with E-state index in [9.17, 15) is 4.79 Å². The number of hydrogen-bond donors (Lipinski definition) is 0. The molecule has 0 aliphatic heterocycles. The molecule has 0 spiro atoms. The molecule has 0 bridgehead atoms. The summed E-state index contributed by atoms with van der Waals surface area (Å²) in [5.74, 6) is 0.458. The maximum atomic E-state index is 12.6.